The van der Waals surface area contributed by atoms with E-state index in [1.807, 2.05) is 12.1 Å². The molecule has 0 saturated carbocycles. The van der Waals surface area contributed by atoms with Crippen molar-refractivity contribution in [2.75, 3.05) is 31.5 Å². The summed E-state index contributed by atoms with van der Waals surface area (Å²) in [6, 6.07) is 7.53. The van der Waals surface area contributed by atoms with E-state index in [0.717, 1.165) is 24.8 Å². The summed E-state index contributed by atoms with van der Waals surface area (Å²) in [5.74, 6) is 1.67. The number of anilines is 1. The molecule has 2 rings (SSSR count). The Balaban J connectivity index is 1.73. The minimum absolute atomic E-state index is 0.465. The van der Waals surface area contributed by atoms with Crippen LogP contribution < -0.4 is 5.32 Å². The normalized spacial score (nSPS) is 17.3. The fraction of sp³-hybridized carbons (Fsp3) is 0.571. The van der Waals surface area contributed by atoms with E-state index in [2.05, 4.69) is 28.2 Å². The molecule has 1 fully saturated rings. The topological polar surface area (TPSA) is 52.0 Å². The SMILES string of the molecule is CC1CCN(CCNc2cccc(C#N)n2)CC1. The summed E-state index contributed by atoms with van der Waals surface area (Å²) >= 11 is 0. The Morgan fingerprint density at radius 3 is 2.94 bits per heavy atom. The Labute approximate surface area is 109 Å². The van der Waals surface area contributed by atoms with Gasteiger partial charge in [0.1, 0.15) is 17.6 Å². The lowest BCUT2D eigenvalue weighted by atomic mass is 9.99. The summed E-state index contributed by atoms with van der Waals surface area (Å²) < 4.78 is 0. The second kappa shape index (κ2) is 6.36. The zero-order valence-electron chi connectivity index (χ0n) is 10.9. The van der Waals surface area contributed by atoms with Crippen LogP contribution in [0.5, 0.6) is 0 Å². The number of hydrogen-bond acceptors (Lipinski definition) is 4. The van der Waals surface area contributed by atoms with Crippen molar-refractivity contribution >= 4 is 5.82 Å². The van der Waals surface area contributed by atoms with Crippen molar-refractivity contribution in [2.24, 2.45) is 5.92 Å². The number of nitriles is 1. The van der Waals surface area contributed by atoms with Gasteiger partial charge in [0.2, 0.25) is 0 Å². The highest BCUT2D eigenvalue weighted by atomic mass is 15.1. The largest absolute Gasteiger partial charge is 0.369 e. The molecule has 1 aromatic rings. The van der Waals surface area contributed by atoms with Gasteiger partial charge in [-0.2, -0.15) is 5.26 Å². The third kappa shape index (κ3) is 3.71. The average Bonchev–Trinajstić information content (AvgIpc) is 2.41. The monoisotopic (exact) mass is 244 g/mol. The van der Waals surface area contributed by atoms with E-state index in [0.29, 0.717) is 5.69 Å². The maximum absolute atomic E-state index is 8.77. The molecule has 0 unspecified atom stereocenters. The van der Waals surface area contributed by atoms with Crippen LogP contribution in [0.1, 0.15) is 25.5 Å². The standard InChI is InChI=1S/C14H20N4/c1-12-5-8-18(9-6-12)10-7-16-14-4-2-3-13(11-15)17-14/h2-4,12H,5-10H2,1H3,(H,16,17). The maximum Gasteiger partial charge on any atom is 0.142 e. The second-order valence-electron chi connectivity index (χ2n) is 4.97. The van der Waals surface area contributed by atoms with Crippen molar-refractivity contribution in [1.29, 1.82) is 5.26 Å². The number of likely N-dealkylation sites (tertiary alicyclic amines) is 1. The molecule has 4 heteroatoms. The third-order valence-electron chi connectivity index (χ3n) is 3.47. The van der Waals surface area contributed by atoms with Crippen molar-refractivity contribution < 1.29 is 0 Å². The number of pyridine rings is 1. The Bertz CT molecular complexity index is 416. The highest BCUT2D eigenvalue weighted by molar-refractivity contribution is 5.38. The van der Waals surface area contributed by atoms with Crippen LogP contribution in [0.2, 0.25) is 0 Å². The van der Waals surface area contributed by atoms with E-state index in [9.17, 15) is 0 Å². The molecule has 0 aromatic carbocycles. The summed E-state index contributed by atoms with van der Waals surface area (Å²) in [6.07, 6.45) is 2.62. The van der Waals surface area contributed by atoms with E-state index < -0.39 is 0 Å². The zero-order valence-corrected chi connectivity index (χ0v) is 10.9. The number of rotatable bonds is 4. The van der Waals surface area contributed by atoms with Crippen LogP contribution in [0.25, 0.3) is 0 Å². The first kappa shape index (κ1) is 12.8. The van der Waals surface area contributed by atoms with Crippen LogP contribution in [0, 0.1) is 17.2 Å². The molecule has 0 aliphatic carbocycles. The fourth-order valence-electron chi connectivity index (χ4n) is 2.22. The third-order valence-corrected chi connectivity index (χ3v) is 3.47. The predicted octanol–water partition coefficient (Wildman–Crippen LogP) is 2.10. The molecule has 0 amide bonds. The smallest absolute Gasteiger partial charge is 0.142 e. The van der Waals surface area contributed by atoms with Crippen LogP contribution in [0.4, 0.5) is 5.82 Å². The van der Waals surface area contributed by atoms with Gasteiger partial charge in [-0.3, -0.25) is 0 Å². The molecule has 1 aliphatic rings. The highest BCUT2D eigenvalue weighted by Crippen LogP contribution is 2.15. The minimum atomic E-state index is 0.465. The van der Waals surface area contributed by atoms with Crippen molar-refractivity contribution in [3.05, 3.63) is 23.9 Å². The number of nitrogens with zero attached hydrogens (tertiary/aromatic N) is 3. The van der Waals surface area contributed by atoms with Crippen LogP contribution in [0.15, 0.2) is 18.2 Å². The Hall–Kier alpha value is -1.60. The van der Waals surface area contributed by atoms with Crippen molar-refractivity contribution in [1.82, 2.24) is 9.88 Å². The van der Waals surface area contributed by atoms with Gasteiger partial charge < -0.3 is 10.2 Å². The Morgan fingerprint density at radius 1 is 1.44 bits per heavy atom. The van der Waals surface area contributed by atoms with Crippen LogP contribution in [0.3, 0.4) is 0 Å². The molecule has 0 bridgehead atoms. The number of hydrogen-bond donors (Lipinski definition) is 1. The van der Waals surface area contributed by atoms with Crippen LogP contribution >= 0.6 is 0 Å². The molecule has 0 spiro atoms. The van der Waals surface area contributed by atoms with Gasteiger partial charge in [-0.1, -0.05) is 13.0 Å². The van der Waals surface area contributed by atoms with Gasteiger partial charge in [-0.15, -0.1) is 0 Å². The first-order valence-corrected chi connectivity index (χ1v) is 6.61. The van der Waals surface area contributed by atoms with Crippen LogP contribution in [-0.2, 0) is 0 Å². The molecule has 1 saturated heterocycles. The molecule has 1 aliphatic heterocycles. The van der Waals surface area contributed by atoms with E-state index in [1.54, 1.807) is 6.07 Å². The van der Waals surface area contributed by atoms with Crippen molar-refractivity contribution in [3.63, 3.8) is 0 Å². The summed E-state index contributed by atoms with van der Waals surface area (Å²) in [5, 5.41) is 12.0. The molecule has 18 heavy (non-hydrogen) atoms. The minimum Gasteiger partial charge on any atom is -0.369 e. The van der Waals surface area contributed by atoms with Gasteiger partial charge in [-0.25, -0.2) is 4.98 Å². The summed E-state index contributed by atoms with van der Waals surface area (Å²) in [5.41, 5.74) is 0.465. The lowest BCUT2D eigenvalue weighted by Gasteiger charge is -2.30. The second-order valence-corrected chi connectivity index (χ2v) is 4.97. The van der Waals surface area contributed by atoms with E-state index in [1.165, 1.54) is 25.9 Å². The Kier molecular flexibility index (Phi) is 4.54. The Morgan fingerprint density at radius 2 is 2.22 bits per heavy atom. The molecule has 0 atom stereocenters. The molecule has 1 N–H and O–H groups in total. The molecule has 0 radical (unpaired) electrons. The van der Waals surface area contributed by atoms with Gasteiger partial charge in [0.25, 0.3) is 0 Å². The van der Waals surface area contributed by atoms with Crippen molar-refractivity contribution in [2.45, 2.75) is 19.8 Å². The molecular weight excluding hydrogens is 224 g/mol. The fourth-order valence-corrected chi connectivity index (χ4v) is 2.22. The predicted molar refractivity (Wildman–Crippen MR) is 72.3 cm³/mol. The van der Waals surface area contributed by atoms with Gasteiger partial charge in [0, 0.05) is 13.1 Å². The van der Waals surface area contributed by atoms with Gasteiger partial charge in [-0.05, 0) is 44.0 Å². The summed E-state index contributed by atoms with van der Waals surface area (Å²) in [6.45, 7) is 6.66. The van der Waals surface area contributed by atoms with Gasteiger partial charge in [0.05, 0.1) is 0 Å². The van der Waals surface area contributed by atoms with Crippen LogP contribution in [-0.4, -0.2) is 36.1 Å². The van der Waals surface area contributed by atoms with E-state index >= 15 is 0 Å². The molecule has 96 valence electrons. The molecule has 4 nitrogen and oxygen atoms in total. The summed E-state index contributed by atoms with van der Waals surface area (Å²) in [4.78, 5) is 6.68. The highest BCUT2D eigenvalue weighted by Gasteiger charge is 2.14. The van der Waals surface area contributed by atoms with E-state index in [4.69, 9.17) is 5.26 Å². The lowest BCUT2D eigenvalue weighted by molar-refractivity contribution is 0.199. The van der Waals surface area contributed by atoms with Crippen molar-refractivity contribution in [3.8, 4) is 6.07 Å². The first-order chi connectivity index (χ1) is 8.78. The lowest BCUT2D eigenvalue weighted by Crippen LogP contribution is -2.36. The average molecular weight is 244 g/mol. The number of aromatic nitrogens is 1. The molecule has 1 aromatic heterocycles. The number of nitrogens with one attached hydrogen (secondary N) is 1. The quantitative estimate of drug-likeness (QED) is 0.881. The number of piperidine rings is 1. The molecular formula is C14H20N4. The van der Waals surface area contributed by atoms with E-state index in [-0.39, 0.29) is 0 Å². The molecule has 2 heterocycles. The van der Waals surface area contributed by atoms with Gasteiger partial charge >= 0.3 is 0 Å². The summed E-state index contributed by atoms with van der Waals surface area (Å²) in [7, 11) is 0. The van der Waals surface area contributed by atoms with Gasteiger partial charge in [0.15, 0.2) is 0 Å². The zero-order chi connectivity index (χ0) is 12.8. The maximum atomic E-state index is 8.77. The first-order valence-electron chi connectivity index (χ1n) is 6.61.